The quantitative estimate of drug-likeness (QED) is 0.853. The minimum absolute atomic E-state index is 0.0636. The first-order valence-electron chi connectivity index (χ1n) is 8.14. The summed E-state index contributed by atoms with van der Waals surface area (Å²) in [6.45, 7) is 6.05. The molecule has 2 aliphatic heterocycles. The predicted octanol–water partition coefficient (Wildman–Crippen LogP) is 2.13. The van der Waals surface area contributed by atoms with Crippen LogP contribution >= 0.6 is 0 Å². The molecule has 1 fully saturated rings. The molecular weight excluding hydrogens is 290 g/mol. The standard InChI is InChI=1S/C18H21N3O2/c1-12-7-13(2)21(19-12)16-9-20(10-16)18(22)15-8-14-5-3-4-6-17(14)23-11-15/h3-7,15-16H,8-11H2,1-2H3. The highest BCUT2D eigenvalue weighted by Gasteiger charge is 2.37. The van der Waals surface area contributed by atoms with E-state index < -0.39 is 0 Å². The van der Waals surface area contributed by atoms with Crippen LogP contribution in [0.5, 0.6) is 5.75 Å². The van der Waals surface area contributed by atoms with E-state index in [-0.39, 0.29) is 11.8 Å². The van der Waals surface area contributed by atoms with Gasteiger partial charge in [0.1, 0.15) is 12.4 Å². The number of aromatic nitrogens is 2. The topological polar surface area (TPSA) is 47.4 Å². The van der Waals surface area contributed by atoms with E-state index >= 15 is 0 Å². The zero-order valence-electron chi connectivity index (χ0n) is 13.5. The molecule has 1 saturated heterocycles. The Morgan fingerprint density at radius 2 is 2.04 bits per heavy atom. The molecule has 0 saturated carbocycles. The van der Waals surface area contributed by atoms with Crippen molar-refractivity contribution in [3.8, 4) is 5.75 Å². The van der Waals surface area contributed by atoms with Crippen molar-refractivity contribution in [3.63, 3.8) is 0 Å². The average molecular weight is 311 g/mol. The number of ether oxygens (including phenoxy) is 1. The summed E-state index contributed by atoms with van der Waals surface area (Å²) in [7, 11) is 0. The third-order valence-electron chi connectivity index (χ3n) is 4.79. The molecule has 1 unspecified atom stereocenters. The molecule has 0 radical (unpaired) electrons. The summed E-state index contributed by atoms with van der Waals surface area (Å²) in [4.78, 5) is 14.6. The summed E-state index contributed by atoms with van der Waals surface area (Å²) in [5, 5.41) is 4.52. The van der Waals surface area contributed by atoms with Gasteiger partial charge in [-0.15, -0.1) is 0 Å². The fraction of sp³-hybridized carbons (Fsp3) is 0.444. The highest BCUT2D eigenvalue weighted by atomic mass is 16.5. The fourth-order valence-corrected chi connectivity index (χ4v) is 3.55. The van der Waals surface area contributed by atoms with Crippen molar-refractivity contribution in [1.82, 2.24) is 14.7 Å². The van der Waals surface area contributed by atoms with E-state index in [1.165, 1.54) is 0 Å². The second kappa shape index (κ2) is 5.41. The van der Waals surface area contributed by atoms with E-state index in [1.807, 2.05) is 40.8 Å². The first kappa shape index (κ1) is 14.3. The number of fused-ring (bicyclic) bond motifs is 1. The summed E-state index contributed by atoms with van der Waals surface area (Å²) in [5.74, 6) is 1.06. The third-order valence-corrected chi connectivity index (χ3v) is 4.79. The molecule has 0 spiro atoms. The van der Waals surface area contributed by atoms with E-state index in [1.54, 1.807) is 0 Å². The smallest absolute Gasteiger partial charge is 0.229 e. The summed E-state index contributed by atoms with van der Waals surface area (Å²) >= 11 is 0. The number of hydrogen-bond donors (Lipinski definition) is 0. The Bertz CT molecular complexity index is 746. The van der Waals surface area contributed by atoms with Gasteiger partial charge in [0.25, 0.3) is 0 Å². The van der Waals surface area contributed by atoms with Gasteiger partial charge in [-0.25, -0.2) is 0 Å². The highest BCUT2D eigenvalue weighted by molar-refractivity contribution is 5.80. The van der Waals surface area contributed by atoms with Crippen molar-refractivity contribution in [1.29, 1.82) is 0 Å². The molecule has 1 aromatic carbocycles. The summed E-state index contributed by atoms with van der Waals surface area (Å²) in [6.07, 6.45) is 0.774. The Hall–Kier alpha value is -2.30. The molecule has 3 heterocycles. The van der Waals surface area contributed by atoms with Crippen LogP contribution in [0.4, 0.5) is 0 Å². The van der Waals surface area contributed by atoms with E-state index in [4.69, 9.17) is 4.74 Å². The van der Waals surface area contributed by atoms with Gasteiger partial charge in [-0.2, -0.15) is 5.10 Å². The number of hydrogen-bond acceptors (Lipinski definition) is 3. The van der Waals surface area contributed by atoms with Crippen molar-refractivity contribution in [3.05, 3.63) is 47.3 Å². The Morgan fingerprint density at radius 3 is 2.78 bits per heavy atom. The second-order valence-electron chi connectivity index (χ2n) is 6.59. The number of nitrogens with zero attached hydrogens (tertiary/aromatic N) is 3. The SMILES string of the molecule is Cc1cc(C)n(C2CN(C(=O)C3COc4ccccc4C3)C2)n1. The number of aryl methyl sites for hydroxylation is 2. The summed E-state index contributed by atoms with van der Waals surface area (Å²) < 4.78 is 7.79. The Kier molecular flexibility index (Phi) is 3.36. The normalized spacial score (nSPS) is 20.6. The van der Waals surface area contributed by atoms with Crippen LogP contribution in [-0.2, 0) is 11.2 Å². The Labute approximate surface area is 135 Å². The van der Waals surface area contributed by atoms with Crippen LogP contribution in [0.2, 0.25) is 0 Å². The molecule has 2 aliphatic rings. The molecule has 2 aromatic rings. The monoisotopic (exact) mass is 311 g/mol. The number of para-hydroxylation sites is 1. The summed E-state index contributed by atoms with van der Waals surface area (Å²) in [6, 6.07) is 10.4. The molecule has 5 nitrogen and oxygen atoms in total. The van der Waals surface area contributed by atoms with E-state index in [0.717, 1.165) is 42.2 Å². The van der Waals surface area contributed by atoms with Gasteiger partial charge in [0.2, 0.25) is 5.91 Å². The van der Waals surface area contributed by atoms with Crippen LogP contribution in [0, 0.1) is 19.8 Å². The first-order chi connectivity index (χ1) is 11.1. The number of carbonyl (C=O) groups excluding carboxylic acids is 1. The van der Waals surface area contributed by atoms with Crippen molar-refractivity contribution >= 4 is 5.91 Å². The van der Waals surface area contributed by atoms with Crippen LogP contribution in [0.25, 0.3) is 0 Å². The predicted molar refractivity (Wildman–Crippen MR) is 86.4 cm³/mol. The lowest BCUT2D eigenvalue weighted by Crippen LogP contribution is -2.54. The van der Waals surface area contributed by atoms with Gasteiger partial charge in [-0.05, 0) is 38.0 Å². The van der Waals surface area contributed by atoms with Crippen LogP contribution in [0.3, 0.4) is 0 Å². The lowest BCUT2D eigenvalue weighted by atomic mass is 9.94. The van der Waals surface area contributed by atoms with Gasteiger partial charge in [0.15, 0.2) is 0 Å². The fourth-order valence-electron chi connectivity index (χ4n) is 3.55. The maximum Gasteiger partial charge on any atom is 0.229 e. The lowest BCUT2D eigenvalue weighted by Gasteiger charge is -2.42. The molecule has 23 heavy (non-hydrogen) atoms. The minimum Gasteiger partial charge on any atom is -0.492 e. The largest absolute Gasteiger partial charge is 0.492 e. The van der Waals surface area contributed by atoms with Crippen molar-refractivity contribution < 1.29 is 9.53 Å². The van der Waals surface area contributed by atoms with Crippen molar-refractivity contribution in [2.75, 3.05) is 19.7 Å². The van der Waals surface area contributed by atoms with Crippen LogP contribution < -0.4 is 4.74 Å². The maximum absolute atomic E-state index is 12.7. The zero-order valence-corrected chi connectivity index (χ0v) is 13.5. The Balaban J connectivity index is 1.39. The Morgan fingerprint density at radius 1 is 1.26 bits per heavy atom. The van der Waals surface area contributed by atoms with Crippen LogP contribution in [0.15, 0.2) is 30.3 Å². The number of amides is 1. The van der Waals surface area contributed by atoms with Gasteiger partial charge >= 0.3 is 0 Å². The number of benzene rings is 1. The third kappa shape index (κ3) is 2.50. The van der Waals surface area contributed by atoms with Crippen molar-refractivity contribution in [2.45, 2.75) is 26.3 Å². The molecule has 0 N–H and O–H groups in total. The van der Waals surface area contributed by atoms with Gasteiger partial charge < -0.3 is 9.64 Å². The van der Waals surface area contributed by atoms with Gasteiger partial charge in [-0.1, -0.05) is 18.2 Å². The molecule has 4 rings (SSSR count). The molecule has 1 amide bonds. The number of rotatable bonds is 2. The molecule has 120 valence electrons. The highest BCUT2D eigenvalue weighted by Crippen LogP contribution is 2.30. The van der Waals surface area contributed by atoms with Crippen LogP contribution in [-0.4, -0.2) is 40.3 Å². The lowest BCUT2D eigenvalue weighted by molar-refractivity contribution is -0.143. The molecule has 5 heteroatoms. The molecular formula is C18H21N3O2. The first-order valence-corrected chi connectivity index (χ1v) is 8.14. The van der Waals surface area contributed by atoms with E-state index in [9.17, 15) is 4.79 Å². The number of carbonyl (C=O) groups is 1. The second-order valence-corrected chi connectivity index (χ2v) is 6.59. The molecule has 1 aromatic heterocycles. The van der Waals surface area contributed by atoms with Gasteiger partial charge in [0.05, 0.1) is 17.7 Å². The molecule has 0 bridgehead atoms. The molecule has 1 atom stereocenters. The van der Waals surface area contributed by atoms with Crippen LogP contribution in [0.1, 0.15) is 23.0 Å². The minimum atomic E-state index is -0.0636. The number of likely N-dealkylation sites (tertiary alicyclic amines) is 1. The average Bonchev–Trinajstić information content (AvgIpc) is 2.83. The van der Waals surface area contributed by atoms with Gasteiger partial charge in [0, 0.05) is 18.8 Å². The van der Waals surface area contributed by atoms with E-state index in [0.29, 0.717) is 12.6 Å². The summed E-state index contributed by atoms with van der Waals surface area (Å²) in [5.41, 5.74) is 3.33. The van der Waals surface area contributed by atoms with E-state index in [2.05, 4.69) is 18.1 Å². The van der Waals surface area contributed by atoms with Gasteiger partial charge in [-0.3, -0.25) is 9.48 Å². The van der Waals surface area contributed by atoms with Crippen molar-refractivity contribution in [2.24, 2.45) is 5.92 Å². The maximum atomic E-state index is 12.7. The molecule has 0 aliphatic carbocycles. The zero-order chi connectivity index (χ0) is 16.0.